The summed E-state index contributed by atoms with van der Waals surface area (Å²) in [6.07, 6.45) is 5.78. The third-order valence-corrected chi connectivity index (χ3v) is 5.25. The van der Waals surface area contributed by atoms with E-state index in [2.05, 4.69) is 15.9 Å². The Morgan fingerprint density at radius 2 is 2.00 bits per heavy atom. The Bertz CT molecular complexity index is 285. The molecule has 4 unspecified atom stereocenters. The van der Waals surface area contributed by atoms with Crippen molar-refractivity contribution in [3.63, 3.8) is 0 Å². The molecule has 2 aliphatic rings. The van der Waals surface area contributed by atoms with Crippen molar-refractivity contribution in [3.8, 4) is 0 Å². The normalized spacial score (nSPS) is 38.1. The maximum Gasteiger partial charge on any atom is 0.228 e. The summed E-state index contributed by atoms with van der Waals surface area (Å²) in [7, 11) is 1.96. The van der Waals surface area contributed by atoms with Crippen LogP contribution >= 0.6 is 15.9 Å². The third-order valence-electron chi connectivity index (χ3n) is 4.19. The van der Waals surface area contributed by atoms with Gasteiger partial charge in [0.25, 0.3) is 0 Å². The molecule has 0 aromatic carbocycles. The number of carbonyl (C=O) groups is 1. The maximum atomic E-state index is 12.4. The van der Waals surface area contributed by atoms with Crippen molar-refractivity contribution in [2.45, 2.75) is 56.0 Å². The number of amides is 1. The first kappa shape index (κ1) is 13.3. The van der Waals surface area contributed by atoms with Crippen LogP contribution in [0, 0.1) is 5.92 Å². The SMILES string of the molecule is CC1OCCC1C(=O)N(C)C1CCCCC1Br. The highest BCUT2D eigenvalue weighted by Gasteiger charge is 2.37. The van der Waals surface area contributed by atoms with Crippen LogP contribution in [0.15, 0.2) is 0 Å². The molecular weight excluding hydrogens is 282 g/mol. The van der Waals surface area contributed by atoms with Gasteiger partial charge in [0.15, 0.2) is 0 Å². The lowest BCUT2D eigenvalue weighted by Gasteiger charge is -2.36. The van der Waals surface area contributed by atoms with Gasteiger partial charge in [-0.2, -0.15) is 0 Å². The molecule has 0 aromatic rings. The number of ether oxygens (including phenoxy) is 1. The lowest BCUT2D eigenvalue weighted by molar-refractivity contribution is -0.138. The minimum absolute atomic E-state index is 0.0710. The topological polar surface area (TPSA) is 29.5 Å². The highest BCUT2D eigenvalue weighted by Crippen LogP contribution is 2.30. The van der Waals surface area contributed by atoms with Gasteiger partial charge >= 0.3 is 0 Å². The highest BCUT2D eigenvalue weighted by atomic mass is 79.9. The molecule has 4 heteroatoms. The average molecular weight is 304 g/mol. The van der Waals surface area contributed by atoms with E-state index in [1.807, 2.05) is 18.9 Å². The molecule has 0 spiro atoms. The molecule has 3 nitrogen and oxygen atoms in total. The van der Waals surface area contributed by atoms with Gasteiger partial charge in [-0.05, 0) is 26.2 Å². The van der Waals surface area contributed by atoms with Crippen LogP contribution in [0.3, 0.4) is 0 Å². The number of nitrogens with zero attached hydrogens (tertiary/aromatic N) is 1. The largest absolute Gasteiger partial charge is 0.378 e. The summed E-state index contributed by atoms with van der Waals surface area (Å²) in [6.45, 7) is 2.74. The zero-order valence-electron chi connectivity index (χ0n) is 10.7. The fraction of sp³-hybridized carbons (Fsp3) is 0.923. The molecule has 98 valence electrons. The van der Waals surface area contributed by atoms with Crippen molar-refractivity contribution < 1.29 is 9.53 Å². The minimum Gasteiger partial charge on any atom is -0.378 e. The van der Waals surface area contributed by atoms with Gasteiger partial charge in [-0.1, -0.05) is 28.8 Å². The summed E-state index contributed by atoms with van der Waals surface area (Å²) in [6, 6.07) is 0.365. The number of alkyl halides is 1. The van der Waals surface area contributed by atoms with Crippen LogP contribution in [0.25, 0.3) is 0 Å². The summed E-state index contributed by atoms with van der Waals surface area (Å²) in [5.41, 5.74) is 0. The summed E-state index contributed by atoms with van der Waals surface area (Å²) >= 11 is 3.72. The predicted octanol–water partition coefficient (Wildman–Crippen LogP) is 2.58. The van der Waals surface area contributed by atoms with E-state index < -0.39 is 0 Å². The van der Waals surface area contributed by atoms with Gasteiger partial charge in [0.2, 0.25) is 5.91 Å². The predicted molar refractivity (Wildman–Crippen MR) is 71.3 cm³/mol. The number of hydrogen-bond acceptors (Lipinski definition) is 2. The van der Waals surface area contributed by atoms with Gasteiger partial charge in [0.05, 0.1) is 12.0 Å². The smallest absolute Gasteiger partial charge is 0.228 e. The molecule has 0 bridgehead atoms. The summed E-state index contributed by atoms with van der Waals surface area (Å²) in [4.78, 5) is 14.9. The average Bonchev–Trinajstić information content (AvgIpc) is 2.74. The molecule has 0 aromatic heterocycles. The molecule has 1 aliphatic carbocycles. The van der Waals surface area contributed by atoms with E-state index in [1.165, 1.54) is 19.3 Å². The van der Waals surface area contributed by atoms with Gasteiger partial charge in [-0.15, -0.1) is 0 Å². The molecule has 2 rings (SSSR count). The standard InChI is InChI=1S/C13H22BrNO2/c1-9-10(7-8-17-9)13(16)15(2)12-6-4-3-5-11(12)14/h9-12H,3-8H2,1-2H3. The maximum absolute atomic E-state index is 12.4. The number of rotatable bonds is 2. The highest BCUT2D eigenvalue weighted by molar-refractivity contribution is 9.09. The first-order valence-corrected chi connectivity index (χ1v) is 7.55. The molecule has 4 atom stereocenters. The van der Waals surface area contributed by atoms with Crippen LogP contribution in [-0.2, 0) is 9.53 Å². The Kier molecular flexibility index (Phi) is 4.47. The number of hydrogen-bond donors (Lipinski definition) is 0. The van der Waals surface area contributed by atoms with Crippen LogP contribution in [0.2, 0.25) is 0 Å². The number of halogens is 1. The van der Waals surface area contributed by atoms with Gasteiger partial charge in [0.1, 0.15) is 0 Å². The van der Waals surface area contributed by atoms with Crippen molar-refractivity contribution in [2.24, 2.45) is 5.92 Å². The number of carbonyl (C=O) groups excluding carboxylic acids is 1. The summed E-state index contributed by atoms with van der Waals surface area (Å²) in [5.74, 6) is 0.341. The van der Waals surface area contributed by atoms with Crippen LogP contribution in [0.4, 0.5) is 0 Å². The minimum atomic E-state index is 0.0710. The van der Waals surface area contributed by atoms with Crippen molar-refractivity contribution in [1.82, 2.24) is 4.90 Å². The van der Waals surface area contributed by atoms with Gasteiger partial charge in [-0.25, -0.2) is 0 Å². The molecule has 17 heavy (non-hydrogen) atoms. The van der Waals surface area contributed by atoms with Crippen LogP contribution in [0.1, 0.15) is 39.0 Å². The van der Waals surface area contributed by atoms with Crippen LogP contribution in [-0.4, -0.2) is 41.4 Å². The van der Waals surface area contributed by atoms with Crippen LogP contribution in [0.5, 0.6) is 0 Å². The summed E-state index contributed by atoms with van der Waals surface area (Å²) < 4.78 is 5.49. The lowest BCUT2D eigenvalue weighted by Crippen LogP contribution is -2.47. The molecule has 2 fully saturated rings. The molecule has 1 saturated heterocycles. The molecule has 1 aliphatic heterocycles. The Morgan fingerprint density at radius 1 is 1.29 bits per heavy atom. The molecule has 1 heterocycles. The van der Waals surface area contributed by atoms with E-state index >= 15 is 0 Å². The molecule has 1 amide bonds. The van der Waals surface area contributed by atoms with E-state index in [9.17, 15) is 4.79 Å². The Hall–Kier alpha value is -0.0900. The van der Waals surface area contributed by atoms with E-state index in [0.29, 0.717) is 10.9 Å². The Morgan fingerprint density at radius 3 is 2.59 bits per heavy atom. The molecule has 0 N–H and O–H groups in total. The molecule has 1 saturated carbocycles. The van der Waals surface area contributed by atoms with E-state index in [4.69, 9.17) is 4.74 Å². The van der Waals surface area contributed by atoms with Gasteiger partial charge in [0, 0.05) is 24.5 Å². The Balaban J connectivity index is 1.98. The van der Waals surface area contributed by atoms with E-state index in [1.54, 1.807) is 0 Å². The molecule has 0 radical (unpaired) electrons. The third kappa shape index (κ3) is 2.84. The second-order valence-corrected chi connectivity index (χ2v) is 6.46. The quantitative estimate of drug-likeness (QED) is 0.734. The fourth-order valence-corrected chi connectivity index (χ4v) is 3.93. The van der Waals surface area contributed by atoms with Crippen molar-refractivity contribution in [3.05, 3.63) is 0 Å². The lowest BCUT2D eigenvalue weighted by atomic mass is 9.92. The second-order valence-electron chi connectivity index (χ2n) is 5.29. The van der Waals surface area contributed by atoms with Crippen molar-refractivity contribution in [1.29, 1.82) is 0 Å². The Labute approximate surface area is 112 Å². The first-order valence-electron chi connectivity index (χ1n) is 6.63. The van der Waals surface area contributed by atoms with Gasteiger partial charge < -0.3 is 9.64 Å². The zero-order chi connectivity index (χ0) is 12.4. The fourth-order valence-electron chi connectivity index (χ4n) is 2.98. The van der Waals surface area contributed by atoms with E-state index in [-0.39, 0.29) is 17.9 Å². The van der Waals surface area contributed by atoms with Crippen molar-refractivity contribution in [2.75, 3.05) is 13.7 Å². The van der Waals surface area contributed by atoms with E-state index in [0.717, 1.165) is 19.4 Å². The summed E-state index contributed by atoms with van der Waals surface area (Å²) in [5, 5.41) is 0. The first-order chi connectivity index (χ1) is 8.11. The van der Waals surface area contributed by atoms with Crippen molar-refractivity contribution >= 4 is 21.8 Å². The van der Waals surface area contributed by atoms with Gasteiger partial charge in [-0.3, -0.25) is 4.79 Å². The monoisotopic (exact) mass is 303 g/mol. The second kappa shape index (κ2) is 5.70. The molecular formula is C13H22BrNO2. The zero-order valence-corrected chi connectivity index (χ0v) is 12.3. The van der Waals surface area contributed by atoms with Crippen LogP contribution < -0.4 is 0 Å².